The second-order valence-corrected chi connectivity index (χ2v) is 4.83. The van der Waals surface area contributed by atoms with Gasteiger partial charge in [0.15, 0.2) is 24.1 Å². The molecule has 1 aromatic heterocycles. The molecule has 0 radical (unpaired) electrons. The number of esters is 1. The fourth-order valence-corrected chi connectivity index (χ4v) is 2.18. The van der Waals surface area contributed by atoms with Crippen LogP contribution in [-0.4, -0.2) is 21.4 Å². The minimum atomic E-state index is -0.516. The largest absolute Gasteiger partial charge is 0.462 e. The monoisotopic (exact) mass is 322 g/mol. The SMILES string of the molecule is CCOC(=O)c1ccn(COCc2ccccc2)c1[N+](=N)Cl. The van der Waals surface area contributed by atoms with E-state index in [4.69, 9.17) is 26.8 Å². The van der Waals surface area contributed by atoms with Crippen molar-refractivity contribution in [3.05, 3.63) is 53.7 Å². The molecule has 6 nitrogen and oxygen atoms in total. The summed E-state index contributed by atoms with van der Waals surface area (Å²) in [6, 6.07) is 11.3. The molecule has 0 atom stereocenters. The van der Waals surface area contributed by atoms with Crippen molar-refractivity contribution < 1.29 is 18.5 Å². The molecule has 0 bridgehead atoms. The Morgan fingerprint density at radius 2 is 2.05 bits per heavy atom. The fourth-order valence-electron chi connectivity index (χ4n) is 1.99. The van der Waals surface area contributed by atoms with Crippen LogP contribution >= 0.6 is 11.8 Å². The Kier molecular flexibility index (Phi) is 5.68. The Balaban J connectivity index is 2.07. The van der Waals surface area contributed by atoms with Crippen molar-refractivity contribution in [2.45, 2.75) is 20.3 Å². The number of benzene rings is 1. The third kappa shape index (κ3) is 3.93. The van der Waals surface area contributed by atoms with Crippen LogP contribution in [-0.2, 0) is 22.8 Å². The smallest absolute Gasteiger partial charge is 0.346 e. The predicted octanol–water partition coefficient (Wildman–Crippen LogP) is 3.67. The standard InChI is InChI=1S/C15H17ClN3O3/c1-2-22-15(20)13-8-9-18(14(13)19(16)17)11-21-10-12-6-4-3-5-7-12/h3-9,17H,2,10-11H2,1H3/q+1. The van der Waals surface area contributed by atoms with Gasteiger partial charge in [-0.1, -0.05) is 30.3 Å². The Morgan fingerprint density at radius 1 is 1.32 bits per heavy atom. The molecule has 0 fully saturated rings. The van der Waals surface area contributed by atoms with Gasteiger partial charge in [-0.05, 0) is 16.7 Å². The molecule has 2 aromatic rings. The number of rotatable bonds is 7. The number of nitrogens with zero attached hydrogens (tertiary/aromatic N) is 2. The second kappa shape index (κ2) is 7.72. The third-order valence-corrected chi connectivity index (χ3v) is 3.12. The molecule has 1 heterocycles. The zero-order valence-electron chi connectivity index (χ0n) is 12.2. The molecule has 0 aliphatic carbocycles. The number of ether oxygens (including phenoxy) is 2. The molecule has 0 aliphatic heterocycles. The van der Waals surface area contributed by atoms with Crippen LogP contribution in [0, 0.1) is 5.53 Å². The summed E-state index contributed by atoms with van der Waals surface area (Å²) in [6.07, 6.45) is 1.64. The van der Waals surface area contributed by atoms with Crippen molar-refractivity contribution >= 4 is 23.6 Å². The Bertz CT molecular complexity index is 655. The number of hydrogen-bond donors (Lipinski definition) is 1. The summed E-state index contributed by atoms with van der Waals surface area (Å²) in [5.74, 6) is -0.301. The van der Waals surface area contributed by atoms with Gasteiger partial charge >= 0.3 is 11.8 Å². The van der Waals surface area contributed by atoms with Gasteiger partial charge in [-0.15, -0.1) is 5.53 Å². The zero-order chi connectivity index (χ0) is 15.9. The van der Waals surface area contributed by atoms with E-state index >= 15 is 0 Å². The maximum Gasteiger partial charge on any atom is 0.346 e. The summed E-state index contributed by atoms with van der Waals surface area (Å²) >= 11 is 5.71. The third-order valence-electron chi connectivity index (χ3n) is 2.96. The van der Waals surface area contributed by atoms with Crippen molar-refractivity contribution in [3.8, 4) is 0 Å². The predicted molar refractivity (Wildman–Crippen MR) is 80.1 cm³/mol. The lowest BCUT2D eigenvalue weighted by Crippen LogP contribution is -2.09. The van der Waals surface area contributed by atoms with Gasteiger partial charge in [-0.3, -0.25) is 0 Å². The summed E-state index contributed by atoms with van der Waals surface area (Å²) in [6.45, 7) is 2.57. The molecule has 0 saturated carbocycles. The molecule has 0 amide bonds. The topological polar surface area (TPSA) is 67.3 Å². The van der Waals surface area contributed by atoms with Gasteiger partial charge in [0.25, 0.3) is 0 Å². The lowest BCUT2D eigenvalue weighted by molar-refractivity contribution is -0.388. The minimum Gasteiger partial charge on any atom is -0.462 e. The molecular weight excluding hydrogens is 306 g/mol. The Hall–Kier alpha value is -2.18. The van der Waals surface area contributed by atoms with Crippen molar-refractivity contribution in [2.24, 2.45) is 0 Å². The second-order valence-electron chi connectivity index (χ2n) is 4.49. The van der Waals surface area contributed by atoms with E-state index < -0.39 is 5.97 Å². The zero-order valence-corrected chi connectivity index (χ0v) is 12.9. The highest BCUT2D eigenvalue weighted by molar-refractivity contribution is 6.07. The van der Waals surface area contributed by atoms with Gasteiger partial charge < -0.3 is 9.47 Å². The van der Waals surface area contributed by atoms with Crippen molar-refractivity contribution in [1.29, 1.82) is 5.53 Å². The molecule has 1 N–H and O–H groups in total. The van der Waals surface area contributed by atoms with Crippen LogP contribution in [0.25, 0.3) is 0 Å². The molecular formula is C15H17ClN3O3+. The van der Waals surface area contributed by atoms with E-state index in [0.717, 1.165) is 5.56 Å². The molecule has 22 heavy (non-hydrogen) atoms. The Labute approximate surface area is 133 Å². The van der Waals surface area contributed by atoms with E-state index in [-0.39, 0.29) is 24.7 Å². The highest BCUT2D eigenvalue weighted by Gasteiger charge is 2.27. The quantitative estimate of drug-likeness (QED) is 0.480. The lowest BCUT2D eigenvalue weighted by Gasteiger charge is -2.04. The highest BCUT2D eigenvalue weighted by Crippen LogP contribution is 2.23. The van der Waals surface area contributed by atoms with Gasteiger partial charge in [0.05, 0.1) is 19.4 Å². The molecule has 116 valence electrons. The van der Waals surface area contributed by atoms with Gasteiger partial charge in [-0.25, -0.2) is 9.36 Å². The fraction of sp³-hybridized carbons (Fsp3) is 0.267. The molecule has 0 aliphatic rings. The van der Waals surface area contributed by atoms with E-state index in [1.807, 2.05) is 30.3 Å². The van der Waals surface area contributed by atoms with E-state index in [2.05, 4.69) is 0 Å². The minimum absolute atomic E-state index is 0.172. The van der Waals surface area contributed by atoms with Crippen molar-refractivity contribution in [2.75, 3.05) is 6.61 Å². The molecule has 2 rings (SSSR count). The number of aromatic nitrogens is 1. The first-order valence-electron chi connectivity index (χ1n) is 6.78. The summed E-state index contributed by atoms with van der Waals surface area (Å²) in [4.78, 5) is 11.8. The van der Waals surface area contributed by atoms with Crippen LogP contribution in [0.4, 0.5) is 5.82 Å². The first kappa shape index (κ1) is 16.2. The Morgan fingerprint density at radius 3 is 2.68 bits per heavy atom. The summed E-state index contributed by atoms with van der Waals surface area (Å²) in [5.41, 5.74) is 8.83. The lowest BCUT2D eigenvalue weighted by atomic mass is 10.2. The van der Waals surface area contributed by atoms with Crippen molar-refractivity contribution in [3.63, 3.8) is 0 Å². The number of nitrogens with one attached hydrogen (secondary N) is 1. The van der Waals surface area contributed by atoms with E-state index in [1.54, 1.807) is 23.8 Å². The number of carbonyl (C=O) groups excluding carboxylic acids is 1. The maximum atomic E-state index is 11.8. The van der Waals surface area contributed by atoms with Crippen LogP contribution in [0.3, 0.4) is 0 Å². The highest BCUT2D eigenvalue weighted by atomic mass is 35.5. The average Bonchev–Trinajstić information content (AvgIpc) is 2.93. The van der Waals surface area contributed by atoms with Gasteiger partial charge in [0.2, 0.25) is 0 Å². The average molecular weight is 323 g/mol. The first-order valence-corrected chi connectivity index (χ1v) is 7.12. The van der Waals surface area contributed by atoms with Crippen LogP contribution < -0.4 is 0 Å². The van der Waals surface area contributed by atoms with Gasteiger partial charge in [0, 0.05) is 6.07 Å². The van der Waals surface area contributed by atoms with Crippen molar-refractivity contribution in [1.82, 2.24) is 4.57 Å². The number of halogens is 1. The van der Waals surface area contributed by atoms with Gasteiger partial charge in [-0.2, -0.15) is 0 Å². The van der Waals surface area contributed by atoms with Crippen LogP contribution in [0.2, 0.25) is 0 Å². The summed E-state index contributed by atoms with van der Waals surface area (Å²) < 4.78 is 12.7. The van der Waals surface area contributed by atoms with Crippen LogP contribution in [0.15, 0.2) is 42.6 Å². The molecule has 0 spiro atoms. The summed E-state index contributed by atoms with van der Waals surface area (Å²) in [5, 5.41) is 0. The first-order chi connectivity index (χ1) is 10.6. The van der Waals surface area contributed by atoms with E-state index in [9.17, 15) is 4.79 Å². The van der Waals surface area contributed by atoms with E-state index in [0.29, 0.717) is 10.8 Å². The van der Waals surface area contributed by atoms with Crippen LogP contribution in [0.1, 0.15) is 22.8 Å². The maximum absolute atomic E-state index is 11.8. The summed E-state index contributed by atoms with van der Waals surface area (Å²) in [7, 11) is 0. The normalized spacial score (nSPS) is 10.5. The van der Waals surface area contributed by atoms with E-state index in [1.165, 1.54) is 0 Å². The molecule has 0 saturated heterocycles. The number of carbonyl (C=O) groups is 1. The molecule has 1 aromatic carbocycles. The van der Waals surface area contributed by atoms with Gasteiger partial charge in [0.1, 0.15) is 0 Å². The number of hydrogen-bond acceptors (Lipinski definition) is 4. The molecule has 7 heteroatoms. The van der Waals surface area contributed by atoms with Crippen LogP contribution in [0.5, 0.6) is 0 Å². The molecule has 0 unspecified atom stereocenters.